The second-order valence-corrected chi connectivity index (χ2v) is 6.01. The number of benzene rings is 3. The normalized spacial score (nSPS) is 13.0. The molecule has 3 nitrogen and oxygen atoms in total. The van der Waals surface area contributed by atoms with Gasteiger partial charge in [-0.1, -0.05) is 72.8 Å². The van der Waals surface area contributed by atoms with E-state index < -0.39 is 11.6 Å². The number of phenols is 1. The molecule has 0 spiro atoms. The van der Waals surface area contributed by atoms with Gasteiger partial charge in [-0.25, -0.2) is 0 Å². The fourth-order valence-corrected chi connectivity index (χ4v) is 2.93. The van der Waals surface area contributed by atoms with E-state index in [-0.39, 0.29) is 5.75 Å². The van der Waals surface area contributed by atoms with Gasteiger partial charge < -0.3 is 10.2 Å². The van der Waals surface area contributed by atoms with Gasteiger partial charge in [0.2, 0.25) is 0 Å². The number of aliphatic imine (C=N–C) groups is 1. The maximum absolute atomic E-state index is 11.6. The van der Waals surface area contributed by atoms with Gasteiger partial charge in [0, 0.05) is 11.8 Å². The van der Waals surface area contributed by atoms with Gasteiger partial charge in [-0.15, -0.1) is 0 Å². The number of aromatic hydroxyl groups is 1. The average molecular weight is 331 g/mol. The zero-order valence-electron chi connectivity index (χ0n) is 14.1. The fourth-order valence-electron chi connectivity index (χ4n) is 2.93. The first kappa shape index (κ1) is 16.9. The van der Waals surface area contributed by atoms with Crippen LogP contribution >= 0.6 is 0 Å². The molecule has 0 aliphatic heterocycles. The third-order valence-corrected chi connectivity index (χ3v) is 4.41. The van der Waals surface area contributed by atoms with Crippen LogP contribution in [0.3, 0.4) is 0 Å². The molecule has 1 atom stereocenters. The highest BCUT2D eigenvalue weighted by molar-refractivity contribution is 5.83. The maximum atomic E-state index is 11.6. The molecule has 0 unspecified atom stereocenters. The summed E-state index contributed by atoms with van der Waals surface area (Å²) in [6, 6.07) is 25.6. The zero-order chi connectivity index (χ0) is 17.7. The minimum Gasteiger partial charge on any atom is -0.507 e. The smallest absolute Gasteiger partial charge is 0.137 e. The average Bonchev–Trinajstić information content (AvgIpc) is 2.68. The van der Waals surface area contributed by atoms with Crippen LogP contribution in [0, 0.1) is 0 Å². The Morgan fingerprint density at radius 1 is 0.800 bits per heavy atom. The molecule has 3 rings (SSSR count). The molecule has 3 heteroatoms. The van der Waals surface area contributed by atoms with Crippen molar-refractivity contribution in [2.24, 2.45) is 4.99 Å². The van der Waals surface area contributed by atoms with Crippen LogP contribution in [0.2, 0.25) is 0 Å². The number of para-hydroxylation sites is 1. The van der Waals surface area contributed by atoms with E-state index in [2.05, 4.69) is 4.99 Å². The van der Waals surface area contributed by atoms with Crippen molar-refractivity contribution in [3.05, 3.63) is 102 Å². The van der Waals surface area contributed by atoms with Crippen molar-refractivity contribution in [3.8, 4) is 5.75 Å². The lowest BCUT2D eigenvalue weighted by Gasteiger charge is -2.33. The second kappa shape index (κ2) is 7.32. The molecule has 0 bridgehead atoms. The summed E-state index contributed by atoms with van der Waals surface area (Å²) >= 11 is 0. The van der Waals surface area contributed by atoms with E-state index >= 15 is 0 Å². The first-order valence-corrected chi connectivity index (χ1v) is 8.27. The van der Waals surface area contributed by atoms with Crippen molar-refractivity contribution >= 4 is 6.21 Å². The summed E-state index contributed by atoms with van der Waals surface area (Å²) in [5.41, 5.74) is 0.924. The lowest BCUT2D eigenvalue weighted by molar-refractivity contribution is 0.0589. The molecule has 3 aromatic carbocycles. The first-order chi connectivity index (χ1) is 12.1. The van der Waals surface area contributed by atoms with Crippen molar-refractivity contribution in [2.75, 3.05) is 0 Å². The van der Waals surface area contributed by atoms with Crippen molar-refractivity contribution in [1.82, 2.24) is 0 Å². The number of hydrogen-bond donors (Lipinski definition) is 2. The van der Waals surface area contributed by atoms with E-state index in [1.807, 2.05) is 73.7 Å². The number of rotatable bonds is 5. The monoisotopic (exact) mass is 331 g/mol. The Balaban J connectivity index is 2.02. The Morgan fingerprint density at radius 2 is 1.28 bits per heavy atom. The van der Waals surface area contributed by atoms with E-state index in [0.29, 0.717) is 5.56 Å². The van der Waals surface area contributed by atoms with Crippen LogP contribution in [0.1, 0.15) is 23.6 Å². The first-order valence-electron chi connectivity index (χ1n) is 8.27. The lowest BCUT2D eigenvalue weighted by atomic mass is 9.81. The summed E-state index contributed by atoms with van der Waals surface area (Å²) in [6.07, 6.45) is 1.61. The third kappa shape index (κ3) is 3.47. The van der Waals surface area contributed by atoms with Crippen LogP contribution in [0.15, 0.2) is 89.9 Å². The molecule has 0 saturated carbocycles. The van der Waals surface area contributed by atoms with Gasteiger partial charge in [0.1, 0.15) is 11.4 Å². The predicted octanol–water partition coefficient (Wildman–Crippen LogP) is 4.14. The van der Waals surface area contributed by atoms with Crippen molar-refractivity contribution in [2.45, 2.75) is 18.6 Å². The van der Waals surface area contributed by atoms with Gasteiger partial charge in [-0.2, -0.15) is 0 Å². The number of hydrogen-bond acceptors (Lipinski definition) is 3. The molecule has 0 aliphatic carbocycles. The molecule has 0 fully saturated rings. The molecule has 0 aliphatic rings. The molecule has 0 aromatic heterocycles. The summed E-state index contributed by atoms with van der Waals surface area (Å²) in [7, 11) is 0. The maximum Gasteiger partial charge on any atom is 0.137 e. The van der Waals surface area contributed by atoms with E-state index in [1.165, 1.54) is 0 Å². The number of nitrogens with zero attached hydrogens (tertiary/aromatic N) is 1. The minimum atomic E-state index is -1.26. The van der Waals surface area contributed by atoms with Crippen LogP contribution in [0.4, 0.5) is 0 Å². The summed E-state index contributed by atoms with van der Waals surface area (Å²) in [5.74, 6) is 0.168. The van der Waals surface area contributed by atoms with E-state index in [0.717, 1.165) is 11.1 Å². The predicted molar refractivity (Wildman–Crippen MR) is 101 cm³/mol. The molecule has 0 saturated heterocycles. The van der Waals surface area contributed by atoms with Crippen molar-refractivity contribution in [3.63, 3.8) is 0 Å². The second-order valence-electron chi connectivity index (χ2n) is 6.01. The van der Waals surface area contributed by atoms with Gasteiger partial charge in [-0.05, 0) is 30.2 Å². The van der Waals surface area contributed by atoms with Crippen LogP contribution in [0.5, 0.6) is 5.75 Å². The standard InChI is InChI=1S/C22H21NO2/c1-17(23-16-18-10-8-9-15-21(18)24)22(25,19-11-4-2-5-12-19)20-13-6-3-7-14-20/h2-17,24-25H,1H3/t17-/m1/s1. The minimum absolute atomic E-state index is 0.168. The molecule has 0 radical (unpaired) electrons. The van der Waals surface area contributed by atoms with Gasteiger partial charge in [0.05, 0.1) is 6.04 Å². The third-order valence-electron chi connectivity index (χ3n) is 4.41. The molecular weight excluding hydrogens is 310 g/mol. The van der Waals surface area contributed by atoms with Crippen molar-refractivity contribution in [1.29, 1.82) is 0 Å². The SMILES string of the molecule is C[C@@H](N=Cc1ccccc1O)C(O)(c1ccccc1)c1ccccc1. The summed E-state index contributed by atoms with van der Waals surface area (Å²) in [4.78, 5) is 4.55. The van der Waals surface area contributed by atoms with Crippen LogP contribution in [-0.4, -0.2) is 22.5 Å². The van der Waals surface area contributed by atoms with Gasteiger partial charge in [0.15, 0.2) is 0 Å². The van der Waals surface area contributed by atoms with Crippen molar-refractivity contribution < 1.29 is 10.2 Å². The Bertz CT molecular complexity index is 805. The Labute approximate surface area is 147 Å². The number of aliphatic hydroxyl groups is 1. The van der Waals surface area contributed by atoms with E-state index in [4.69, 9.17) is 0 Å². The molecule has 3 aromatic rings. The lowest BCUT2D eigenvalue weighted by Crippen LogP contribution is -2.38. The Kier molecular flexibility index (Phi) is 4.96. The number of phenolic OH excluding ortho intramolecular Hbond substituents is 1. The highest BCUT2D eigenvalue weighted by Gasteiger charge is 2.37. The molecule has 0 heterocycles. The molecule has 0 amide bonds. The van der Waals surface area contributed by atoms with Crippen LogP contribution < -0.4 is 0 Å². The van der Waals surface area contributed by atoms with E-state index in [9.17, 15) is 10.2 Å². The fraction of sp³-hybridized carbons (Fsp3) is 0.136. The molecule has 25 heavy (non-hydrogen) atoms. The zero-order valence-corrected chi connectivity index (χ0v) is 14.1. The highest BCUT2D eigenvalue weighted by Crippen LogP contribution is 2.34. The molecule has 2 N–H and O–H groups in total. The summed E-state index contributed by atoms with van der Waals surface area (Å²) in [5, 5.41) is 21.5. The highest BCUT2D eigenvalue weighted by atomic mass is 16.3. The van der Waals surface area contributed by atoms with Gasteiger partial charge in [-0.3, -0.25) is 4.99 Å². The van der Waals surface area contributed by atoms with Crippen LogP contribution in [-0.2, 0) is 5.60 Å². The summed E-state index contributed by atoms with van der Waals surface area (Å²) < 4.78 is 0. The van der Waals surface area contributed by atoms with E-state index in [1.54, 1.807) is 24.4 Å². The largest absolute Gasteiger partial charge is 0.507 e. The Morgan fingerprint density at radius 3 is 1.80 bits per heavy atom. The van der Waals surface area contributed by atoms with Crippen LogP contribution in [0.25, 0.3) is 0 Å². The quantitative estimate of drug-likeness (QED) is 0.691. The molecular formula is C22H21NO2. The summed E-state index contributed by atoms with van der Waals surface area (Å²) in [6.45, 7) is 1.87. The Hall–Kier alpha value is -2.91. The van der Waals surface area contributed by atoms with Gasteiger partial charge in [0.25, 0.3) is 0 Å². The van der Waals surface area contributed by atoms with Gasteiger partial charge >= 0.3 is 0 Å². The topological polar surface area (TPSA) is 52.8 Å². The molecule has 126 valence electrons.